The Bertz CT molecular complexity index is 419. The molecule has 0 aromatic rings. The molecule has 1 atom stereocenters. The molecule has 102 valence electrons. The molecule has 0 saturated carbocycles. The van der Waals surface area contributed by atoms with Crippen molar-refractivity contribution in [3.05, 3.63) is 22.1 Å². The summed E-state index contributed by atoms with van der Waals surface area (Å²) in [5, 5.41) is 12.3. The van der Waals surface area contributed by atoms with E-state index in [1.54, 1.807) is 11.1 Å². The molecule has 1 unspecified atom stereocenters. The van der Waals surface area contributed by atoms with Gasteiger partial charge in [0.15, 0.2) is 0 Å². The topological polar surface area (TPSA) is 20.2 Å². The van der Waals surface area contributed by atoms with Gasteiger partial charge in [0.2, 0.25) is 0 Å². The van der Waals surface area contributed by atoms with Crippen LogP contribution in [0.2, 0.25) is 44.8 Å². The standard InChI is InChI=1S/C15H28OSi2/c1-17(2,3)14-11-9-7-8-10-12(11)15(13(14)16)18(4,5)6/h14,16H,7-10H2,1-6H3. The van der Waals surface area contributed by atoms with E-state index in [9.17, 15) is 5.11 Å². The summed E-state index contributed by atoms with van der Waals surface area (Å²) >= 11 is 0. The lowest BCUT2D eigenvalue weighted by Crippen LogP contribution is -2.31. The molecule has 0 bridgehead atoms. The summed E-state index contributed by atoms with van der Waals surface area (Å²) in [5.74, 6) is 0.792. The molecule has 0 fully saturated rings. The fourth-order valence-electron chi connectivity index (χ4n) is 3.77. The third-order valence-electron chi connectivity index (χ3n) is 4.31. The van der Waals surface area contributed by atoms with Crippen LogP contribution in [-0.2, 0) is 0 Å². The summed E-state index contributed by atoms with van der Waals surface area (Å²) < 4.78 is 0. The molecule has 1 nitrogen and oxygen atoms in total. The maximum absolute atomic E-state index is 10.9. The Hall–Kier alpha value is -0.286. The van der Waals surface area contributed by atoms with Crippen molar-refractivity contribution in [2.75, 3.05) is 0 Å². The van der Waals surface area contributed by atoms with Crippen molar-refractivity contribution in [1.29, 1.82) is 0 Å². The van der Waals surface area contributed by atoms with Crippen LogP contribution in [0.5, 0.6) is 0 Å². The second-order valence-corrected chi connectivity index (χ2v) is 18.3. The first-order chi connectivity index (χ1) is 8.14. The van der Waals surface area contributed by atoms with Gasteiger partial charge in [0.1, 0.15) is 0 Å². The van der Waals surface area contributed by atoms with Crippen molar-refractivity contribution < 1.29 is 5.11 Å². The minimum absolute atomic E-state index is 0.425. The van der Waals surface area contributed by atoms with Gasteiger partial charge in [-0.15, -0.1) is 0 Å². The lowest BCUT2D eigenvalue weighted by Gasteiger charge is -2.30. The molecule has 0 aromatic carbocycles. The van der Waals surface area contributed by atoms with Crippen molar-refractivity contribution in [1.82, 2.24) is 0 Å². The maximum atomic E-state index is 10.9. The Balaban J connectivity index is 2.57. The van der Waals surface area contributed by atoms with Crippen LogP contribution >= 0.6 is 0 Å². The van der Waals surface area contributed by atoms with Gasteiger partial charge in [0.05, 0.1) is 21.9 Å². The van der Waals surface area contributed by atoms with Gasteiger partial charge in [0.25, 0.3) is 0 Å². The first-order valence-corrected chi connectivity index (χ1v) is 14.4. The van der Waals surface area contributed by atoms with Gasteiger partial charge in [0, 0.05) is 5.54 Å². The van der Waals surface area contributed by atoms with E-state index in [-0.39, 0.29) is 0 Å². The number of aliphatic hydroxyl groups excluding tert-OH is 1. The zero-order chi connectivity index (χ0) is 13.7. The molecular formula is C15H28OSi2. The lowest BCUT2D eigenvalue weighted by molar-refractivity contribution is 0.396. The van der Waals surface area contributed by atoms with Crippen LogP contribution in [0.25, 0.3) is 0 Å². The van der Waals surface area contributed by atoms with E-state index in [0.29, 0.717) is 5.54 Å². The van der Waals surface area contributed by atoms with Gasteiger partial charge >= 0.3 is 0 Å². The van der Waals surface area contributed by atoms with Crippen LogP contribution in [0.1, 0.15) is 25.7 Å². The fraction of sp³-hybridized carbons (Fsp3) is 0.733. The summed E-state index contributed by atoms with van der Waals surface area (Å²) in [4.78, 5) is 0. The van der Waals surface area contributed by atoms with Crippen LogP contribution in [0.3, 0.4) is 0 Å². The molecule has 1 N–H and O–H groups in total. The van der Waals surface area contributed by atoms with Crippen LogP contribution in [0.15, 0.2) is 22.1 Å². The number of hydrogen-bond donors (Lipinski definition) is 1. The van der Waals surface area contributed by atoms with Crippen LogP contribution in [0.4, 0.5) is 0 Å². The van der Waals surface area contributed by atoms with Gasteiger partial charge < -0.3 is 5.11 Å². The first kappa shape index (κ1) is 14.1. The average molecular weight is 281 g/mol. The number of aliphatic hydroxyl groups is 1. The second-order valence-electron chi connectivity index (χ2n) is 8.02. The van der Waals surface area contributed by atoms with Crippen molar-refractivity contribution >= 4 is 16.1 Å². The van der Waals surface area contributed by atoms with E-state index in [0.717, 1.165) is 5.76 Å². The third-order valence-corrected chi connectivity index (χ3v) is 8.72. The zero-order valence-corrected chi connectivity index (χ0v) is 14.9. The van der Waals surface area contributed by atoms with Gasteiger partial charge in [-0.05, 0) is 36.5 Å². The lowest BCUT2D eigenvalue weighted by atomic mass is 9.93. The number of allylic oxidation sites excluding steroid dienone is 3. The minimum atomic E-state index is -1.42. The Kier molecular flexibility index (Phi) is 3.43. The monoisotopic (exact) mass is 280 g/mol. The van der Waals surface area contributed by atoms with Crippen molar-refractivity contribution in [2.45, 2.75) is 70.5 Å². The van der Waals surface area contributed by atoms with Gasteiger partial charge in [-0.1, -0.05) is 44.9 Å². The average Bonchev–Trinajstić information content (AvgIpc) is 2.47. The molecule has 2 rings (SSSR count). The molecule has 0 heterocycles. The largest absolute Gasteiger partial charge is 0.512 e. The summed E-state index contributed by atoms with van der Waals surface area (Å²) in [6, 6.07) is 0. The maximum Gasteiger partial charge on any atom is 0.0961 e. The van der Waals surface area contributed by atoms with Gasteiger partial charge in [-0.2, -0.15) is 0 Å². The Morgan fingerprint density at radius 3 is 2.00 bits per heavy atom. The number of rotatable bonds is 2. The van der Waals surface area contributed by atoms with E-state index in [4.69, 9.17) is 0 Å². The van der Waals surface area contributed by atoms with Gasteiger partial charge in [-0.25, -0.2) is 0 Å². The number of hydrogen-bond acceptors (Lipinski definition) is 1. The first-order valence-electron chi connectivity index (χ1n) is 7.30. The highest BCUT2D eigenvalue weighted by Crippen LogP contribution is 2.53. The highest BCUT2D eigenvalue weighted by atomic mass is 28.3. The summed E-state index contributed by atoms with van der Waals surface area (Å²) in [6.07, 6.45) is 5.10. The van der Waals surface area contributed by atoms with Crippen LogP contribution < -0.4 is 0 Å². The minimum Gasteiger partial charge on any atom is -0.512 e. The molecule has 0 spiro atoms. The van der Waals surface area contributed by atoms with E-state index >= 15 is 0 Å². The van der Waals surface area contributed by atoms with Crippen molar-refractivity contribution in [3.63, 3.8) is 0 Å². The van der Waals surface area contributed by atoms with E-state index in [2.05, 4.69) is 39.3 Å². The smallest absolute Gasteiger partial charge is 0.0961 e. The second kappa shape index (κ2) is 4.37. The van der Waals surface area contributed by atoms with Crippen molar-refractivity contribution in [3.8, 4) is 0 Å². The van der Waals surface area contributed by atoms with E-state index in [1.165, 1.54) is 30.9 Å². The molecular weight excluding hydrogens is 252 g/mol. The van der Waals surface area contributed by atoms with Crippen molar-refractivity contribution in [2.24, 2.45) is 0 Å². The quantitative estimate of drug-likeness (QED) is 0.683. The predicted molar refractivity (Wildman–Crippen MR) is 85.6 cm³/mol. The highest BCUT2D eigenvalue weighted by Gasteiger charge is 2.44. The Morgan fingerprint density at radius 2 is 1.50 bits per heavy atom. The molecule has 0 aliphatic heterocycles. The predicted octanol–water partition coefficient (Wildman–Crippen LogP) is 5.27. The van der Waals surface area contributed by atoms with Gasteiger partial charge in [-0.3, -0.25) is 0 Å². The molecule has 0 aromatic heterocycles. The molecule has 2 aliphatic carbocycles. The molecule has 3 heteroatoms. The van der Waals surface area contributed by atoms with Crippen LogP contribution in [-0.4, -0.2) is 21.3 Å². The SMILES string of the molecule is C[Si](C)(C)C1=C(O)C([Si](C)(C)C)C2=C1CCCC2. The zero-order valence-electron chi connectivity index (χ0n) is 12.9. The highest BCUT2D eigenvalue weighted by molar-refractivity contribution is 6.85. The van der Waals surface area contributed by atoms with E-state index in [1.807, 2.05) is 0 Å². The molecule has 18 heavy (non-hydrogen) atoms. The molecule has 2 aliphatic rings. The van der Waals surface area contributed by atoms with E-state index < -0.39 is 16.1 Å². The third kappa shape index (κ3) is 2.27. The normalized spacial score (nSPS) is 25.8. The summed E-state index contributed by atoms with van der Waals surface area (Å²) in [6.45, 7) is 14.3. The summed E-state index contributed by atoms with van der Waals surface area (Å²) in [7, 11) is -2.78. The molecule has 0 amide bonds. The molecule has 0 radical (unpaired) electrons. The van der Waals surface area contributed by atoms with Crippen LogP contribution in [0, 0.1) is 0 Å². The molecule has 0 saturated heterocycles. The Labute approximate surface area is 114 Å². The Morgan fingerprint density at radius 1 is 0.944 bits per heavy atom. The fourth-order valence-corrected chi connectivity index (χ4v) is 8.34. The summed E-state index contributed by atoms with van der Waals surface area (Å²) in [5.41, 5.74) is 3.65.